The normalized spacial score (nSPS) is 14.7. The Balaban J connectivity index is 2.04. The summed E-state index contributed by atoms with van der Waals surface area (Å²) in [5.74, 6) is 0.594. The van der Waals surface area contributed by atoms with Crippen LogP contribution in [0.3, 0.4) is 0 Å². The van der Waals surface area contributed by atoms with Gasteiger partial charge in [-0.1, -0.05) is 6.07 Å². The summed E-state index contributed by atoms with van der Waals surface area (Å²) in [7, 11) is 0. The lowest BCUT2D eigenvalue weighted by molar-refractivity contribution is 0.218. The Kier molecular flexibility index (Phi) is 3.81. The molecule has 7 heteroatoms. The zero-order chi connectivity index (χ0) is 15.7. The second kappa shape index (κ2) is 5.76. The van der Waals surface area contributed by atoms with Gasteiger partial charge in [0.1, 0.15) is 5.82 Å². The van der Waals surface area contributed by atoms with E-state index in [4.69, 9.17) is 0 Å². The van der Waals surface area contributed by atoms with Gasteiger partial charge in [0.25, 0.3) is 5.56 Å². The van der Waals surface area contributed by atoms with E-state index in [0.29, 0.717) is 37.2 Å². The molecule has 0 amide bonds. The van der Waals surface area contributed by atoms with Crippen molar-refractivity contribution in [2.45, 2.75) is 33.0 Å². The molecule has 22 heavy (non-hydrogen) atoms. The molecule has 0 spiro atoms. The molecular weight excluding hydrogens is 282 g/mol. The molecule has 2 aromatic rings. The third-order valence-electron chi connectivity index (χ3n) is 3.88. The van der Waals surface area contributed by atoms with Crippen LogP contribution in [-0.4, -0.2) is 32.1 Å². The molecule has 0 aliphatic carbocycles. The largest absolute Gasteiger partial charge is 0.358 e. The Labute approximate surface area is 127 Å². The maximum Gasteiger partial charge on any atom is 0.330 e. The van der Waals surface area contributed by atoms with Crippen LogP contribution in [0.25, 0.3) is 0 Å². The Hall–Kier alpha value is -2.41. The molecule has 0 saturated carbocycles. The Morgan fingerprint density at radius 1 is 1.32 bits per heavy atom. The number of H-pyrrole nitrogens is 1. The number of aromatic nitrogens is 3. The van der Waals surface area contributed by atoms with Crippen molar-refractivity contribution in [3.63, 3.8) is 0 Å². The average Bonchev–Trinajstić information content (AvgIpc) is 2.52. The minimum Gasteiger partial charge on any atom is -0.358 e. The molecule has 3 heterocycles. The summed E-state index contributed by atoms with van der Waals surface area (Å²) in [5.41, 5.74) is 0.623. The lowest BCUT2D eigenvalue weighted by Gasteiger charge is -2.33. The zero-order valence-electron chi connectivity index (χ0n) is 12.7. The van der Waals surface area contributed by atoms with Crippen LogP contribution in [0.1, 0.15) is 25.1 Å². The van der Waals surface area contributed by atoms with Crippen molar-refractivity contribution in [3.05, 3.63) is 56.5 Å². The van der Waals surface area contributed by atoms with Crippen LogP contribution >= 0.6 is 0 Å². The number of hydrogen-bond acceptors (Lipinski definition) is 5. The number of fused-ring (bicyclic) bond motifs is 1. The summed E-state index contributed by atoms with van der Waals surface area (Å²) in [6.45, 7) is 5.61. The van der Waals surface area contributed by atoms with Crippen LogP contribution in [0.2, 0.25) is 0 Å². The summed E-state index contributed by atoms with van der Waals surface area (Å²) >= 11 is 0. The van der Waals surface area contributed by atoms with Gasteiger partial charge in [-0.25, -0.2) is 4.79 Å². The first kappa shape index (κ1) is 14.5. The van der Waals surface area contributed by atoms with E-state index in [1.54, 1.807) is 6.20 Å². The highest BCUT2D eigenvalue weighted by molar-refractivity contribution is 5.45. The highest BCUT2D eigenvalue weighted by Gasteiger charge is 2.24. The van der Waals surface area contributed by atoms with Crippen LogP contribution in [-0.2, 0) is 13.1 Å². The minimum atomic E-state index is -0.417. The molecule has 0 bridgehead atoms. The molecule has 0 aromatic carbocycles. The number of anilines is 1. The van der Waals surface area contributed by atoms with E-state index in [1.165, 1.54) is 4.57 Å². The summed E-state index contributed by atoms with van der Waals surface area (Å²) < 4.78 is 1.54. The molecule has 2 aromatic heterocycles. The fourth-order valence-corrected chi connectivity index (χ4v) is 2.57. The fraction of sp³-hybridized carbons (Fsp3) is 0.400. The van der Waals surface area contributed by atoms with Crippen LogP contribution < -0.4 is 16.6 Å². The monoisotopic (exact) mass is 301 g/mol. The average molecular weight is 301 g/mol. The van der Waals surface area contributed by atoms with E-state index in [1.807, 2.05) is 18.2 Å². The van der Waals surface area contributed by atoms with Gasteiger partial charge < -0.3 is 5.32 Å². The summed E-state index contributed by atoms with van der Waals surface area (Å²) in [5, 5.41) is 3.21. The molecule has 2 N–H and O–H groups in total. The first-order valence-electron chi connectivity index (χ1n) is 7.30. The first-order valence-corrected chi connectivity index (χ1v) is 7.30. The number of nitrogens with zero attached hydrogens (tertiary/aromatic N) is 3. The highest BCUT2D eigenvalue weighted by atomic mass is 16.2. The lowest BCUT2D eigenvalue weighted by atomic mass is 10.2. The summed E-state index contributed by atoms with van der Waals surface area (Å²) in [6.07, 6.45) is 1.69. The predicted octanol–water partition coefficient (Wildman–Crippen LogP) is 0.573. The van der Waals surface area contributed by atoms with Crippen LogP contribution in [0.4, 0.5) is 5.82 Å². The topological polar surface area (TPSA) is 83.0 Å². The summed E-state index contributed by atoms with van der Waals surface area (Å²) in [4.78, 5) is 33.0. The number of aromatic amines is 1. The maximum atomic E-state index is 12.2. The van der Waals surface area contributed by atoms with Crippen LogP contribution in [0.5, 0.6) is 0 Å². The van der Waals surface area contributed by atoms with Crippen LogP contribution in [0, 0.1) is 0 Å². The zero-order valence-corrected chi connectivity index (χ0v) is 12.7. The van der Waals surface area contributed by atoms with Gasteiger partial charge in [-0.2, -0.15) is 0 Å². The quantitative estimate of drug-likeness (QED) is 0.866. The molecule has 0 saturated heterocycles. The number of hydrogen-bond donors (Lipinski definition) is 2. The number of pyridine rings is 1. The second-order valence-electron chi connectivity index (χ2n) is 5.67. The van der Waals surface area contributed by atoms with Crippen LogP contribution in [0.15, 0.2) is 34.0 Å². The maximum absolute atomic E-state index is 12.2. The van der Waals surface area contributed by atoms with E-state index >= 15 is 0 Å². The number of rotatable bonds is 3. The Morgan fingerprint density at radius 3 is 2.82 bits per heavy atom. The third-order valence-corrected chi connectivity index (χ3v) is 3.88. The molecule has 116 valence electrons. The number of nitrogens with one attached hydrogen (secondary N) is 2. The molecule has 7 nitrogen and oxygen atoms in total. The standard InChI is InChI=1S/C15H19N5O2/c1-10(2)19-8-12-13(17-9-19)20(15(22)18-14(12)21)7-11-5-3-4-6-16-11/h3-6,10,17H,7-9H2,1-2H3,(H,18,21,22). The van der Waals surface area contributed by atoms with Gasteiger partial charge in [-0.3, -0.25) is 24.2 Å². The molecular formula is C15H19N5O2. The van der Waals surface area contributed by atoms with Crippen molar-refractivity contribution in [1.29, 1.82) is 0 Å². The van der Waals surface area contributed by atoms with E-state index in [9.17, 15) is 9.59 Å². The highest BCUT2D eigenvalue weighted by Crippen LogP contribution is 2.19. The van der Waals surface area contributed by atoms with Gasteiger partial charge in [0.15, 0.2) is 0 Å². The van der Waals surface area contributed by atoms with Crippen molar-refractivity contribution in [2.24, 2.45) is 0 Å². The molecule has 0 radical (unpaired) electrons. The van der Waals surface area contributed by atoms with E-state index in [0.717, 1.165) is 5.69 Å². The summed E-state index contributed by atoms with van der Waals surface area (Å²) in [6, 6.07) is 5.87. The Bertz CT molecular complexity index is 779. The lowest BCUT2D eigenvalue weighted by Crippen LogP contribution is -2.45. The third kappa shape index (κ3) is 2.67. The molecule has 1 aliphatic rings. The second-order valence-corrected chi connectivity index (χ2v) is 5.67. The smallest absolute Gasteiger partial charge is 0.330 e. The van der Waals surface area contributed by atoms with Gasteiger partial charge in [-0.15, -0.1) is 0 Å². The predicted molar refractivity (Wildman–Crippen MR) is 83.8 cm³/mol. The van der Waals surface area contributed by atoms with E-state index < -0.39 is 5.69 Å². The van der Waals surface area contributed by atoms with Gasteiger partial charge in [0.05, 0.1) is 24.5 Å². The van der Waals surface area contributed by atoms with Gasteiger partial charge in [0.2, 0.25) is 0 Å². The van der Waals surface area contributed by atoms with Crippen molar-refractivity contribution in [1.82, 2.24) is 19.4 Å². The van der Waals surface area contributed by atoms with Crippen molar-refractivity contribution >= 4 is 5.82 Å². The SMILES string of the molecule is CC(C)N1CNc2c(c(=O)[nH]c(=O)n2Cc2ccccn2)C1. The van der Waals surface area contributed by atoms with Gasteiger partial charge >= 0.3 is 5.69 Å². The molecule has 3 rings (SSSR count). The fourth-order valence-electron chi connectivity index (χ4n) is 2.57. The van der Waals surface area contributed by atoms with Crippen molar-refractivity contribution in [2.75, 3.05) is 12.0 Å². The van der Waals surface area contributed by atoms with Gasteiger partial charge in [0, 0.05) is 18.8 Å². The van der Waals surface area contributed by atoms with Gasteiger partial charge in [-0.05, 0) is 26.0 Å². The first-order chi connectivity index (χ1) is 10.6. The minimum absolute atomic E-state index is 0.316. The van der Waals surface area contributed by atoms with Crippen molar-refractivity contribution < 1.29 is 0 Å². The van der Waals surface area contributed by atoms with Crippen molar-refractivity contribution in [3.8, 4) is 0 Å². The molecule has 0 fully saturated rings. The molecule has 0 unspecified atom stereocenters. The van der Waals surface area contributed by atoms with E-state index in [-0.39, 0.29) is 5.56 Å². The molecule has 1 aliphatic heterocycles. The van der Waals surface area contributed by atoms with E-state index in [2.05, 4.69) is 34.0 Å². The molecule has 0 atom stereocenters. The Morgan fingerprint density at radius 2 is 2.14 bits per heavy atom.